The normalized spacial score (nSPS) is 13.7. The maximum Gasteiger partial charge on any atom is 0.254 e. The molecule has 4 heterocycles. The Morgan fingerprint density at radius 1 is 1.03 bits per heavy atom. The van der Waals surface area contributed by atoms with Crippen LogP contribution in [0.5, 0.6) is 0 Å². The van der Waals surface area contributed by atoms with E-state index in [4.69, 9.17) is 0 Å². The van der Waals surface area contributed by atoms with Gasteiger partial charge in [-0.2, -0.15) is 0 Å². The molecular formula is C27H25F2N5O. The smallest absolute Gasteiger partial charge is 0.254 e. The van der Waals surface area contributed by atoms with Gasteiger partial charge in [-0.1, -0.05) is 0 Å². The maximum absolute atomic E-state index is 15.2. The van der Waals surface area contributed by atoms with Crippen molar-refractivity contribution in [3.63, 3.8) is 0 Å². The number of rotatable bonds is 6. The second kappa shape index (κ2) is 8.94. The number of aromatic nitrogens is 3. The highest BCUT2D eigenvalue weighted by Crippen LogP contribution is 2.33. The first-order valence-electron chi connectivity index (χ1n) is 11.5. The molecule has 0 spiro atoms. The molecular weight excluding hydrogens is 448 g/mol. The first-order valence-corrected chi connectivity index (χ1v) is 11.5. The van der Waals surface area contributed by atoms with E-state index in [1.807, 2.05) is 37.0 Å². The number of carbonyl (C=O) groups excluding carboxylic acids is 1. The summed E-state index contributed by atoms with van der Waals surface area (Å²) in [7, 11) is 1.91. The topological polar surface area (TPSA) is 63.1 Å². The minimum absolute atomic E-state index is 0.0468. The molecule has 0 radical (unpaired) electrons. The molecule has 1 N–H and O–H groups in total. The fourth-order valence-electron chi connectivity index (χ4n) is 4.47. The molecule has 0 fully saturated rings. The van der Waals surface area contributed by atoms with E-state index < -0.39 is 17.7 Å². The monoisotopic (exact) mass is 473 g/mol. The van der Waals surface area contributed by atoms with E-state index in [1.165, 1.54) is 12.1 Å². The zero-order chi connectivity index (χ0) is 24.7. The maximum atomic E-state index is 15.2. The van der Waals surface area contributed by atoms with Crippen LogP contribution in [0.15, 0.2) is 61.2 Å². The Balaban J connectivity index is 1.43. The van der Waals surface area contributed by atoms with Crippen LogP contribution >= 0.6 is 0 Å². The number of hydrogen-bond donors (Lipinski definition) is 1. The third kappa shape index (κ3) is 4.16. The van der Waals surface area contributed by atoms with Gasteiger partial charge in [0.05, 0.1) is 18.3 Å². The van der Waals surface area contributed by atoms with Crippen LogP contribution in [0.2, 0.25) is 0 Å². The molecule has 0 saturated heterocycles. The Hall–Kier alpha value is -4.07. The number of nitrogens with one attached hydrogen (secondary N) is 1. The fourth-order valence-corrected chi connectivity index (χ4v) is 4.47. The Kier molecular flexibility index (Phi) is 5.80. The van der Waals surface area contributed by atoms with Gasteiger partial charge in [-0.3, -0.25) is 9.78 Å². The van der Waals surface area contributed by atoms with E-state index in [9.17, 15) is 4.79 Å². The summed E-state index contributed by atoms with van der Waals surface area (Å²) >= 11 is 0. The van der Waals surface area contributed by atoms with Gasteiger partial charge in [0.2, 0.25) is 0 Å². The Morgan fingerprint density at radius 2 is 1.83 bits per heavy atom. The number of carbonyl (C=O) groups is 1. The van der Waals surface area contributed by atoms with Gasteiger partial charge >= 0.3 is 0 Å². The molecule has 1 atom stereocenters. The third-order valence-electron chi connectivity index (χ3n) is 6.41. The lowest BCUT2D eigenvalue weighted by atomic mass is 9.99. The predicted molar refractivity (Wildman–Crippen MR) is 131 cm³/mol. The summed E-state index contributed by atoms with van der Waals surface area (Å²) in [6.45, 7) is 4.69. The first-order chi connectivity index (χ1) is 16.9. The van der Waals surface area contributed by atoms with Gasteiger partial charge in [-0.25, -0.2) is 13.8 Å². The average molecular weight is 474 g/mol. The lowest BCUT2D eigenvalue weighted by Gasteiger charge is -2.19. The Bertz CT molecular complexity index is 1430. The number of nitrogens with zero attached hydrogens (tertiary/aromatic N) is 4. The van der Waals surface area contributed by atoms with Gasteiger partial charge in [0, 0.05) is 66.2 Å². The number of aryl methyl sites for hydroxylation is 1. The van der Waals surface area contributed by atoms with E-state index in [0.29, 0.717) is 35.7 Å². The summed E-state index contributed by atoms with van der Waals surface area (Å²) in [5, 5.41) is 3.17. The number of pyridine rings is 2. The molecule has 0 unspecified atom stereocenters. The average Bonchev–Trinajstić information content (AvgIpc) is 3.44. The molecule has 4 aromatic rings. The number of benzene rings is 1. The number of fused-ring (bicyclic) bond motifs is 1. The molecule has 5 rings (SSSR count). The van der Waals surface area contributed by atoms with E-state index in [-0.39, 0.29) is 17.0 Å². The van der Waals surface area contributed by atoms with Crippen LogP contribution < -0.4 is 5.32 Å². The predicted octanol–water partition coefficient (Wildman–Crippen LogP) is 5.58. The van der Waals surface area contributed by atoms with Crippen molar-refractivity contribution >= 4 is 11.7 Å². The summed E-state index contributed by atoms with van der Waals surface area (Å²) in [6.07, 6.45) is 6.97. The second-order valence-electron chi connectivity index (χ2n) is 8.72. The molecule has 1 amide bonds. The minimum Gasteiger partial charge on any atom is -0.363 e. The van der Waals surface area contributed by atoms with Crippen LogP contribution in [0.4, 0.5) is 14.6 Å². The molecule has 35 heavy (non-hydrogen) atoms. The summed E-state index contributed by atoms with van der Waals surface area (Å²) < 4.78 is 32.4. The fraction of sp³-hybridized carbons (Fsp3) is 0.222. The Morgan fingerprint density at radius 3 is 2.57 bits per heavy atom. The standard InChI is InChI=1S/C27H25F2N5O/c1-4-34-15-22-19(27(34)35)6-9-31-26(22)32-16(2)20-12-24(29)21(13-23(20)28)17-5-8-30-25(11-17)18-7-10-33(3)14-18/h5-14,16H,4,15H2,1-3H3,(H,31,32)/t16-/m0/s1. The summed E-state index contributed by atoms with van der Waals surface area (Å²) in [6, 6.07) is 8.90. The first kappa shape index (κ1) is 22.7. The second-order valence-corrected chi connectivity index (χ2v) is 8.72. The largest absolute Gasteiger partial charge is 0.363 e. The van der Waals surface area contributed by atoms with Gasteiger partial charge in [-0.05, 0) is 55.8 Å². The van der Waals surface area contributed by atoms with Crippen LogP contribution in [0.25, 0.3) is 22.4 Å². The van der Waals surface area contributed by atoms with Crippen molar-refractivity contribution in [3.8, 4) is 22.4 Å². The minimum atomic E-state index is -0.569. The molecule has 0 saturated carbocycles. The quantitative estimate of drug-likeness (QED) is 0.397. The van der Waals surface area contributed by atoms with Crippen LogP contribution in [0.1, 0.15) is 41.4 Å². The molecule has 8 heteroatoms. The zero-order valence-electron chi connectivity index (χ0n) is 19.7. The summed E-state index contributed by atoms with van der Waals surface area (Å²) in [4.78, 5) is 22.9. The van der Waals surface area contributed by atoms with Crippen molar-refractivity contribution in [1.82, 2.24) is 19.4 Å². The van der Waals surface area contributed by atoms with Crippen LogP contribution in [0, 0.1) is 11.6 Å². The van der Waals surface area contributed by atoms with E-state index in [2.05, 4.69) is 15.3 Å². The molecule has 0 bridgehead atoms. The lowest BCUT2D eigenvalue weighted by Crippen LogP contribution is -2.22. The number of hydrogen-bond acceptors (Lipinski definition) is 4. The lowest BCUT2D eigenvalue weighted by molar-refractivity contribution is 0.0787. The third-order valence-corrected chi connectivity index (χ3v) is 6.41. The molecule has 1 aliphatic heterocycles. The zero-order valence-corrected chi connectivity index (χ0v) is 19.7. The molecule has 6 nitrogen and oxygen atoms in total. The summed E-state index contributed by atoms with van der Waals surface area (Å²) in [5.41, 5.74) is 3.83. The van der Waals surface area contributed by atoms with Crippen molar-refractivity contribution in [2.24, 2.45) is 7.05 Å². The highest BCUT2D eigenvalue weighted by Gasteiger charge is 2.29. The van der Waals surface area contributed by atoms with Gasteiger partial charge < -0.3 is 14.8 Å². The molecule has 178 valence electrons. The molecule has 1 aliphatic rings. The van der Waals surface area contributed by atoms with Crippen LogP contribution in [0.3, 0.4) is 0 Å². The Labute approximate surface area is 202 Å². The van der Waals surface area contributed by atoms with Gasteiger partial charge in [0.15, 0.2) is 0 Å². The number of halogens is 2. The highest BCUT2D eigenvalue weighted by atomic mass is 19.1. The SMILES string of the molecule is CCN1Cc2c(ccnc2N[C@@H](C)c2cc(F)c(-c3ccnc(-c4ccn(C)c4)c3)cc2F)C1=O. The van der Waals surface area contributed by atoms with Crippen molar-refractivity contribution in [2.45, 2.75) is 26.4 Å². The molecule has 1 aromatic carbocycles. The van der Waals surface area contributed by atoms with Crippen molar-refractivity contribution in [3.05, 3.63) is 89.5 Å². The van der Waals surface area contributed by atoms with Crippen LogP contribution in [-0.2, 0) is 13.6 Å². The van der Waals surface area contributed by atoms with Crippen molar-refractivity contribution in [2.75, 3.05) is 11.9 Å². The number of anilines is 1. The van der Waals surface area contributed by atoms with Crippen molar-refractivity contribution < 1.29 is 13.6 Å². The van der Waals surface area contributed by atoms with Crippen LogP contribution in [-0.4, -0.2) is 31.9 Å². The van der Waals surface area contributed by atoms with E-state index >= 15 is 8.78 Å². The van der Waals surface area contributed by atoms with Crippen molar-refractivity contribution in [1.29, 1.82) is 0 Å². The van der Waals surface area contributed by atoms with Gasteiger partial charge in [-0.15, -0.1) is 0 Å². The highest BCUT2D eigenvalue weighted by molar-refractivity contribution is 5.99. The van der Waals surface area contributed by atoms with E-state index in [1.54, 1.807) is 42.4 Å². The van der Waals surface area contributed by atoms with E-state index in [0.717, 1.165) is 11.1 Å². The van der Waals surface area contributed by atoms with Gasteiger partial charge in [0.25, 0.3) is 5.91 Å². The van der Waals surface area contributed by atoms with Gasteiger partial charge in [0.1, 0.15) is 17.5 Å². The number of amides is 1. The molecule has 3 aromatic heterocycles. The molecule has 0 aliphatic carbocycles. The summed E-state index contributed by atoms with van der Waals surface area (Å²) in [5.74, 6) is -0.601.